The van der Waals surface area contributed by atoms with E-state index in [9.17, 15) is 0 Å². The number of hydrogen-bond donors (Lipinski definition) is 1. The van der Waals surface area contributed by atoms with Crippen LogP contribution in [0.3, 0.4) is 0 Å². The van der Waals surface area contributed by atoms with E-state index in [0.29, 0.717) is 5.16 Å². The third-order valence-electron chi connectivity index (χ3n) is 3.65. The lowest BCUT2D eigenvalue weighted by Gasteiger charge is -2.01. The Morgan fingerprint density at radius 3 is 2.74 bits per heavy atom. The number of halogens is 1. The molecule has 0 radical (unpaired) electrons. The Morgan fingerprint density at radius 1 is 1.09 bits per heavy atom. The fraction of sp³-hybridized carbons (Fsp3) is 0.118. The molecule has 4 nitrogen and oxygen atoms in total. The summed E-state index contributed by atoms with van der Waals surface area (Å²) >= 11 is 5.08. The van der Waals surface area contributed by atoms with Gasteiger partial charge in [0.1, 0.15) is 5.52 Å². The van der Waals surface area contributed by atoms with Gasteiger partial charge in [-0.3, -0.25) is 0 Å². The van der Waals surface area contributed by atoms with Crippen molar-refractivity contribution in [2.75, 3.05) is 0 Å². The van der Waals surface area contributed by atoms with Crippen molar-refractivity contribution >= 4 is 49.8 Å². The van der Waals surface area contributed by atoms with Crippen molar-refractivity contribution in [3.8, 4) is 0 Å². The minimum absolute atomic E-state index is 0.684. The molecule has 0 unspecified atom stereocenters. The van der Waals surface area contributed by atoms with Gasteiger partial charge in [0.2, 0.25) is 5.16 Å². The number of H-pyrrole nitrogens is 1. The van der Waals surface area contributed by atoms with Crippen LogP contribution >= 0.6 is 27.7 Å². The zero-order valence-corrected chi connectivity index (χ0v) is 14.8. The summed E-state index contributed by atoms with van der Waals surface area (Å²) in [6.45, 7) is 2.09. The van der Waals surface area contributed by atoms with E-state index in [2.05, 4.69) is 67.3 Å². The third-order valence-corrected chi connectivity index (χ3v) is 5.05. The quantitative estimate of drug-likeness (QED) is 0.512. The maximum absolute atomic E-state index is 4.59. The monoisotopic (exact) mass is 384 g/mol. The average Bonchev–Trinajstić information content (AvgIpc) is 2.91. The minimum atomic E-state index is 0.684. The lowest BCUT2D eigenvalue weighted by atomic mass is 10.2. The number of aromatic amines is 1. The molecule has 1 N–H and O–H groups in total. The number of hydrogen-bond acceptors (Lipinski definition) is 4. The molecule has 4 rings (SSSR count). The lowest BCUT2D eigenvalue weighted by Crippen LogP contribution is -1.92. The zero-order chi connectivity index (χ0) is 15.8. The first kappa shape index (κ1) is 14.7. The van der Waals surface area contributed by atoms with E-state index in [1.165, 1.54) is 11.1 Å². The fourth-order valence-electron chi connectivity index (χ4n) is 2.42. The van der Waals surface area contributed by atoms with E-state index in [0.717, 1.165) is 32.3 Å². The molecule has 0 amide bonds. The van der Waals surface area contributed by atoms with Crippen LogP contribution in [0.15, 0.2) is 52.1 Å². The van der Waals surface area contributed by atoms with Gasteiger partial charge in [-0.15, -0.1) is 10.2 Å². The molecule has 6 heteroatoms. The molecule has 2 heterocycles. The summed E-state index contributed by atoms with van der Waals surface area (Å²) in [6.07, 6.45) is 0. The van der Waals surface area contributed by atoms with Crippen LogP contribution in [-0.2, 0) is 5.75 Å². The molecule has 0 bridgehead atoms. The van der Waals surface area contributed by atoms with Crippen molar-refractivity contribution in [3.05, 3.63) is 58.1 Å². The molecule has 0 fully saturated rings. The summed E-state index contributed by atoms with van der Waals surface area (Å²) in [4.78, 5) is 7.90. The van der Waals surface area contributed by atoms with Crippen LogP contribution in [0, 0.1) is 6.92 Å². The van der Waals surface area contributed by atoms with Crippen LogP contribution < -0.4 is 0 Å². The molecule has 114 valence electrons. The summed E-state index contributed by atoms with van der Waals surface area (Å²) in [5.41, 5.74) is 5.12. The third kappa shape index (κ3) is 2.96. The van der Waals surface area contributed by atoms with Gasteiger partial charge in [0.05, 0.1) is 0 Å². The van der Waals surface area contributed by atoms with Crippen LogP contribution in [-0.4, -0.2) is 20.2 Å². The molecule has 0 saturated carbocycles. The molecule has 23 heavy (non-hydrogen) atoms. The smallest absolute Gasteiger partial charge is 0.211 e. The topological polar surface area (TPSA) is 54.5 Å². The number of aryl methyl sites for hydroxylation is 1. The first-order valence-electron chi connectivity index (χ1n) is 7.19. The maximum Gasteiger partial charge on any atom is 0.211 e. The fourth-order valence-corrected chi connectivity index (χ4v) is 3.53. The first-order valence-corrected chi connectivity index (χ1v) is 8.97. The number of benzene rings is 2. The predicted octanol–water partition coefficient (Wildman–Crippen LogP) is 4.87. The second-order valence-corrected chi connectivity index (χ2v) is 7.24. The van der Waals surface area contributed by atoms with Crippen LogP contribution in [0.1, 0.15) is 11.1 Å². The molecule has 4 aromatic rings. The highest BCUT2D eigenvalue weighted by atomic mass is 79.9. The normalized spacial score (nSPS) is 11.4. The van der Waals surface area contributed by atoms with Gasteiger partial charge in [0, 0.05) is 21.1 Å². The van der Waals surface area contributed by atoms with Gasteiger partial charge >= 0.3 is 0 Å². The van der Waals surface area contributed by atoms with Crippen LogP contribution in [0.2, 0.25) is 0 Å². The molecule has 0 atom stereocenters. The molecule has 2 aromatic heterocycles. The van der Waals surface area contributed by atoms with Crippen molar-refractivity contribution in [2.45, 2.75) is 17.8 Å². The number of rotatable bonds is 3. The molecule has 0 aliphatic carbocycles. The molecular weight excluding hydrogens is 372 g/mol. The van der Waals surface area contributed by atoms with Crippen LogP contribution in [0.5, 0.6) is 0 Å². The highest BCUT2D eigenvalue weighted by Gasteiger charge is 2.10. The number of thioether (sulfide) groups is 1. The highest BCUT2D eigenvalue weighted by molar-refractivity contribution is 9.10. The Hall–Kier alpha value is -1.92. The molecule has 0 aliphatic heterocycles. The van der Waals surface area contributed by atoms with E-state index in [4.69, 9.17) is 0 Å². The van der Waals surface area contributed by atoms with Crippen molar-refractivity contribution < 1.29 is 0 Å². The summed E-state index contributed by atoms with van der Waals surface area (Å²) in [5.74, 6) is 0.833. The Balaban J connectivity index is 1.63. The van der Waals surface area contributed by atoms with E-state index in [1.54, 1.807) is 11.8 Å². The Labute approximate surface area is 145 Å². The number of fused-ring (bicyclic) bond motifs is 3. The molecule has 0 saturated heterocycles. The standard InChI is InChI=1S/C17H13BrN4S/c1-10-2-4-11(5-3-10)9-23-17-20-16-15(21-22-17)13-8-12(18)6-7-14(13)19-16/h2-8H,9H2,1H3,(H,19,20,22). The van der Waals surface area contributed by atoms with E-state index >= 15 is 0 Å². The Kier molecular flexibility index (Phi) is 3.79. The van der Waals surface area contributed by atoms with Crippen molar-refractivity contribution in [1.29, 1.82) is 0 Å². The van der Waals surface area contributed by atoms with E-state index < -0.39 is 0 Å². The van der Waals surface area contributed by atoms with Crippen LogP contribution in [0.25, 0.3) is 22.1 Å². The average molecular weight is 385 g/mol. The van der Waals surface area contributed by atoms with Gasteiger partial charge in [0.15, 0.2) is 5.65 Å². The Morgan fingerprint density at radius 2 is 1.91 bits per heavy atom. The number of aromatic nitrogens is 4. The highest BCUT2D eigenvalue weighted by Crippen LogP contribution is 2.27. The Bertz CT molecular complexity index is 995. The summed E-state index contributed by atoms with van der Waals surface area (Å²) < 4.78 is 1.02. The molecule has 2 aromatic carbocycles. The van der Waals surface area contributed by atoms with Gasteiger partial charge in [-0.2, -0.15) is 0 Å². The van der Waals surface area contributed by atoms with Crippen molar-refractivity contribution in [3.63, 3.8) is 0 Å². The summed E-state index contributed by atoms with van der Waals surface area (Å²) in [7, 11) is 0. The van der Waals surface area contributed by atoms with Gasteiger partial charge in [0.25, 0.3) is 0 Å². The molecular formula is C17H13BrN4S. The summed E-state index contributed by atoms with van der Waals surface area (Å²) in [6, 6.07) is 14.6. The van der Waals surface area contributed by atoms with Gasteiger partial charge in [-0.05, 0) is 30.7 Å². The van der Waals surface area contributed by atoms with Gasteiger partial charge < -0.3 is 4.98 Å². The predicted molar refractivity (Wildman–Crippen MR) is 97.6 cm³/mol. The molecule has 0 aliphatic rings. The van der Waals surface area contributed by atoms with E-state index in [-0.39, 0.29) is 0 Å². The number of nitrogens with one attached hydrogen (secondary N) is 1. The zero-order valence-electron chi connectivity index (χ0n) is 12.4. The molecule has 0 spiro atoms. The second kappa shape index (κ2) is 5.94. The van der Waals surface area contributed by atoms with Gasteiger partial charge in [-0.25, -0.2) is 4.98 Å². The van der Waals surface area contributed by atoms with Crippen molar-refractivity contribution in [2.24, 2.45) is 0 Å². The van der Waals surface area contributed by atoms with Crippen molar-refractivity contribution in [1.82, 2.24) is 20.2 Å². The lowest BCUT2D eigenvalue weighted by molar-refractivity contribution is 0.878. The largest absolute Gasteiger partial charge is 0.338 e. The summed E-state index contributed by atoms with van der Waals surface area (Å²) in [5, 5.41) is 10.3. The SMILES string of the molecule is Cc1ccc(CSc2nnc3c(n2)[nH]c2ccc(Br)cc23)cc1. The van der Waals surface area contributed by atoms with E-state index in [1.807, 2.05) is 18.2 Å². The minimum Gasteiger partial charge on any atom is -0.338 e. The maximum atomic E-state index is 4.59. The second-order valence-electron chi connectivity index (χ2n) is 5.38. The van der Waals surface area contributed by atoms with Gasteiger partial charge in [-0.1, -0.05) is 57.5 Å². The first-order chi connectivity index (χ1) is 11.2. The number of nitrogens with zero attached hydrogens (tertiary/aromatic N) is 3. The van der Waals surface area contributed by atoms with Crippen LogP contribution in [0.4, 0.5) is 0 Å².